The Hall–Kier alpha value is -1.64. The maximum Gasteiger partial charge on any atom is 0.243 e. The van der Waals surface area contributed by atoms with Gasteiger partial charge in [0.1, 0.15) is 5.75 Å². The molecule has 1 amide bonds. The fourth-order valence-electron chi connectivity index (χ4n) is 3.43. The number of fused-ring (bicyclic) bond motifs is 2. The van der Waals surface area contributed by atoms with Gasteiger partial charge in [-0.2, -0.15) is 4.31 Å². The molecule has 3 rings (SSSR count). The lowest BCUT2D eigenvalue weighted by molar-refractivity contribution is -0.155. The van der Waals surface area contributed by atoms with Gasteiger partial charge in [0.2, 0.25) is 15.9 Å². The van der Waals surface area contributed by atoms with Crippen molar-refractivity contribution < 1.29 is 22.7 Å². The van der Waals surface area contributed by atoms with Gasteiger partial charge in [0, 0.05) is 32.6 Å². The van der Waals surface area contributed by atoms with Gasteiger partial charge < -0.3 is 14.4 Å². The van der Waals surface area contributed by atoms with E-state index in [0.29, 0.717) is 31.2 Å². The van der Waals surface area contributed by atoms with Crippen LogP contribution in [0.15, 0.2) is 29.2 Å². The Morgan fingerprint density at radius 3 is 2.23 bits per heavy atom. The summed E-state index contributed by atoms with van der Waals surface area (Å²) in [5.41, 5.74) is 0. The van der Waals surface area contributed by atoms with Crippen LogP contribution in [0, 0.1) is 5.92 Å². The zero-order valence-corrected chi connectivity index (χ0v) is 16.2. The second-order valence-electron chi connectivity index (χ2n) is 7.27. The quantitative estimate of drug-likeness (QED) is 0.768. The number of ether oxygens (including phenoxy) is 2. The highest BCUT2D eigenvalue weighted by atomic mass is 32.2. The van der Waals surface area contributed by atoms with Gasteiger partial charge in [-0.15, -0.1) is 0 Å². The average Bonchev–Trinajstić information content (AvgIpc) is 2.60. The first kappa shape index (κ1) is 19.1. The van der Waals surface area contributed by atoms with Crippen molar-refractivity contribution in [2.24, 2.45) is 5.92 Å². The first-order valence-electron chi connectivity index (χ1n) is 8.87. The Morgan fingerprint density at radius 1 is 1.15 bits per heavy atom. The van der Waals surface area contributed by atoms with Crippen LogP contribution >= 0.6 is 0 Å². The van der Waals surface area contributed by atoms with Crippen molar-refractivity contribution in [3.05, 3.63) is 24.3 Å². The number of sulfonamides is 1. The Labute approximate surface area is 154 Å². The largest absolute Gasteiger partial charge is 0.497 e. The Morgan fingerprint density at radius 2 is 1.73 bits per heavy atom. The molecule has 0 aromatic heterocycles. The number of morpholine rings is 2. The fourth-order valence-corrected chi connectivity index (χ4v) is 4.93. The molecule has 2 aliphatic rings. The summed E-state index contributed by atoms with van der Waals surface area (Å²) in [7, 11) is -2.05. The van der Waals surface area contributed by atoms with Crippen LogP contribution in [-0.4, -0.2) is 69.0 Å². The number of hydrogen-bond donors (Lipinski definition) is 0. The van der Waals surface area contributed by atoms with Gasteiger partial charge in [0.25, 0.3) is 0 Å². The predicted octanol–water partition coefficient (Wildman–Crippen LogP) is 1.34. The van der Waals surface area contributed by atoms with Crippen LogP contribution in [0.3, 0.4) is 0 Å². The third-order valence-electron chi connectivity index (χ3n) is 4.68. The van der Waals surface area contributed by atoms with Gasteiger partial charge >= 0.3 is 0 Å². The molecule has 0 spiro atoms. The second kappa shape index (κ2) is 7.54. The van der Waals surface area contributed by atoms with Gasteiger partial charge in [0.05, 0.1) is 24.2 Å². The topological polar surface area (TPSA) is 76.2 Å². The van der Waals surface area contributed by atoms with Gasteiger partial charge in [-0.1, -0.05) is 13.8 Å². The molecule has 0 unspecified atom stereocenters. The van der Waals surface area contributed by atoms with Crippen molar-refractivity contribution in [3.63, 3.8) is 0 Å². The standard InChI is InChI=1S/C18H26N2O5S/c1-13(2)8-18(21)19-9-15-11-20(12-16(10-19)25-15)26(22,23)17-6-4-14(24-3)5-7-17/h4-7,13,15-16H,8-12H2,1-3H3/t15-,16+. The average molecular weight is 382 g/mol. The molecule has 2 aliphatic heterocycles. The Balaban J connectivity index is 1.70. The van der Waals surface area contributed by atoms with E-state index in [-0.39, 0.29) is 36.1 Å². The number of amides is 1. The van der Waals surface area contributed by atoms with Crippen LogP contribution in [0.25, 0.3) is 0 Å². The maximum absolute atomic E-state index is 12.9. The van der Waals surface area contributed by atoms with Crippen LogP contribution in [0.4, 0.5) is 0 Å². The lowest BCUT2D eigenvalue weighted by Crippen LogP contribution is -2.61. The summed E-state index contributed by atoms with van der Waals surface area (Å²) in [5.74, 6) is 1.03. The summed E-state index contributed by atoms with van der Waals surface area (Å²) >= 11 is 0. The maximum atomic E-state index is 12.9. The van der Waals surface area contributed by atoms with E-state index >= 15 is 0 Å². The molecule has 1 aromatic carbocycles. The number of nitrogens with zero attached hydrogens (tertiary/aromatic N) is 2. The van der Waals surface area contributed by atoms with E-state index in [2.05, 4.69) is 0 Å². The van der Waals surface area contributed by atoms with Crippen molar-refractivity contribution in [1.29, 1.82) is 0 Å². The van der Waals surface area contributed by atoms with Crippen molar-refractivity contribution in [2.45, 2.75) is 37.4 Å². The molecule has 1 aromatic rings. The zero-order chi connectivity index (χ0) is 18.9. The van der Waals surface area contributed by atoms with Gasteiger partial charge in [0.15, 0.2) is 0 Å². The summed E-state index contributed by atoms with van der Waals surface area (Å²) in [4.78, 5) is 14.4. The number of carbonyl (C=O) groups excluding carboxylic acids is 1. The third kappa shape index (κ3) is 4.02. The number of hydrogen-bond acceptors (Lipinski definition) is 5. The normalized spacial score (nSPS) is 23.9. The molecule has 7 nitrogen and oxygen atoms in total. The highest BCUT2D eigenvalue weighted by molar-refractivity contribution is 7.89. The summed E-state index contributed by atoms with van der Waals surface area (Å²) in [6.07, 6.45) is -0.0638. The number of carbonyl (C=O) groups is 1. The molecule has 2 atom stereocenters. The number of rotatable bonds is 5. The lowest BCUT2D eigenvalue weighted by atomic mass is 10.1. The van der Waals surface area contributed by atoms with Crippen molar-refractivity contribution >= 4 is 15.9 Å². The van der Waals surface area contributed by atoms with E-state index in [0.717, 1.165) is 0 Å². The van der Waals surface area contributed by atoms with Crippen molar-refractivity contribution in [3.8, 4) is 5.75 Å². The zero-order valence-electron chi connectivity index (χ0n) is 15.4. The molecule has 8 heteroatoms. The molecule has 2 heterocycles. The van der Waals surface area contributed by atoms with Crippen LogP contribution in [0.2, 0.25) is 0 Å². The minimum absolute atomic E-state index is 0.116. The molecule has 0 N–H and O–H groups in total. The molecule has 144 valence electrons. The monoisotopic (exact) mass is 382 g/mol. The molecular formula is C18H26N2O5S. The molecule has 2 bridgehead atoms. The van der Waals surface area contributed by atoms with E-state index in [4.69, 9.17) is 9.47 Å². The molecule has 0 aliphatic carbocycles. The smallest absolute Gasteiger partial charge is 0.243 e. The molecule has 0 saturated carbocycles. The third-order valence-corrected chi connectivity index (χ3v) is 6.53. The highest BCUT2D eigenvalue weighted by Gasteiger charge is 2.41. The molecule has 2 fully saturated rings. The van der Waals surface area contributed by atoms with E-state index in [1.165, 1.54) is 4.31 Å². The van der Waals surface area contributed by atoms with Crippen molar-refractivity contribution in [2.75, 3.05) is 33.3 Å². The van der Waals surface area contributed by atoms with Crippen molar-refractivity contribution in [1.82, 2.24) is 9.21 Å². The van der Waals surface area contributed by atoms with Crippen LogP contribution < -0.4 is 4.74 Å². The lowest BCUT2D eigenvalue weighted by Gasteiger charge is -2.45. The first-order valence-corrected chi connectivity index (χ1v) is 10.3. The van der Waals surface area contributed by atoms with E-state index < -0.39 is 10.0 Å². The Bertz CT molecular complexity index is 733. The van der Waals surface area contributed by atoms with E-state index in [1.54, 1.807) is 31.4 Å². The Kier molecular flexibility index (Phi) is 5.55. The summed E-state index contributed by atoms with van der Waals surface area (Å²) in [5, 5.41) is 0. The minimum atomic E-state index is -3.59. The second-order valence-corrected chi connectivity index (χ2v) is 9.21. The molecule has 26 heavy (non-hydrogen) atoms. The first-order chi connectivity index (χ1) is 12.3. The minimum Gasteiger partial charge on any atom is -0.497 e. The van der Waals surface area contributed by atoms with E-state index in [1.807, 2.05) is 18.7 Å². The molecule has 0 radical (unpaired) electrons. The highest BCUT2D eigenvalue weighted by Crippen LogP contribution is 2.26. The van der Waals surface area contributed by atoms with Gasteiger partial charge in [-0.05, 0) is 30.2 Å². The number of benzene rings is 1. The SMILES string of the molecule is COc1ccc(S(=O)(=O)N2C[C@H]3CN(C(=O)CC(C)C)C[C@@H](C2)O3)cc1. The van der Waals surface area contributed by atoms with Gasteiger partial charge in [-0.25, -0.2) is 8.42 Å². The summed E-state index contributed by atoms with van der Waals surface area (Å²) in [6, 6.07) is 6.39. The fraction of sp³-hybridized carbons (Fsp3) is 0.611. The van der Waals surface area contributed by atoms with Crippen LogP contribution in [0.5, 0.6) is 5.75 Å². The van der Waals surface area contributed by atoms with E-state index in [9.17, 15) is 13.2 Å². The molecule has 2 saturated heterocycles. The molecular weight excluding hydrogens is 356 g/mol. The van der Waals surface area contributed by atoms with Crippen LogP contribution in [-0.2, 0) is 19.6 Å². The predicted molar refractivity (Wildman–Crippen MR) is 96.4 cm³/mol. The summed E-state index contributed by atoms with van der Waals surface area (Å²) in [6.45, 7) is 5.44. The van der Waals surface area contributed by atoms with Gasteiger partial charge in [-0.3, -0.25) is 4.79 Å². The summed E-state index contributed by atoms with van der Waals surface area (Å²) < 4.78 is 38.3. The van der Waals surface area contributed by atoms with Crippen LogP contribution in [0.1, 0.15) is 20.3 Å². The number of methoxy groups -OCH3 is 1.